The number of carbonyl (C=O) groups excluding carboxylic acids is 2. The molecule has 0 fully saturated rings. The molecule has 4 rings (SSSR count). The van der Waals surface area contributed by atoms with E-state index in [0.717, 1.165) is 27.2 Å². The van der Waals surface area contributed by atoms with Gasteiger partial charge in [-0.2, -0.15) is 0 Å². The molecule has 0 saturated carbocycles. The summed E-state index contributed by atoms with van der Waals surface area (Å²) < 4.78 is 1.14. The molecule has 9 nitrogen and oxygen atoms in total. The normalized spacial score (nSPS) is 12.9. The van der Waals surface area contributed by atoms with E-state index in [1.165, 1.54) is 0 Å². The average Bonchev–Trinajstić information content (AvgIpc) is 3.28. The molecule has 0 aliphatic heterocycles. The second kappa shape index (κ2) is 11.1. The van der Waals surface area contributed by atoms with Crippen molar-refractivity contribution in [1.29, 1.82) is 0 Å². The minimum atomic E-state index is -0.622. The number of anilines is 2. The van der Waals surface area contributed by atoms with Crippen LogP contribution in [0, 0.1) is 0 Å². The molecule has 2 unspecified atom stereocenters. The van der Waals surface area contributed by atoms with Crippen LogP contribution in [0.25, 0.3) is 10.2 Å². The summed E-state index contributed by atoms with van der Waals surface area (Å²) in [5.74, 6) is -0.373. The van der Waals surface area contributed by atoms with Gasteiger partial charge in [-0.05, 0) is 62.8 Å². The fourth-order valence-electron chi connectivity index (χ4n) is 4.00. The van der Waals surface area contributed by atoms with Crippen molar-refractivity contribution in [2.24, 2.45) is 5.73 Å². The van der Waals surface area contributed by atoms with Crippen LogP contribution >= 0.6 is 11.3 Å². The summed E-state index contributed by atoms with van der Waals surface area (Å²) in [5.41, 5.74) is 14.3. The molecule has 4 aromatic rings. The second-order valence-electron chi connectivity index (χ2n) is 8.66. The highest BCUT2D eigenvalue weighted by atomic mass is 32.1. The van der Waals surface area contributed by atoms with Crippen LogP contribution in [0.3, 0.4) is 0 Å². The van der Waals surface area contributed by atoms with E-state index in [4.69, 9.17) is 16.5 Å². The van der Waals surface area contributed by atoms with Gasteiger partial charge in [0.1, 0.15) is 10.7 Å². The van der Waals surface area contributed by atoms with E-state index >= 15 is 0 Å². The first-order valence-electron chi connectivity index (χ1n) is 11.5. The van der Waals surface area contributed by atoms with Crippen LogP contribution in [0.5, 0.6) is 0 Å². The molecule has 0 radical (unpaired) electrons. The lowest BCUT2D eigenvalue weighted by Crippen LogP contribution is -2.34. The van der Waals surface area contributed by atoms with Gasteiger partial charge in [0, 0.05) is 6.20 Å². The molecule has 10 heteroatoms. The van der Waals surface area contributed by atoms with Gasteiger partial charge in [-0.1, -0.05) is 30.3 Å². The standard InChI is InChI=1S/C26H29N7O2S/c1-33(2)22(25-31-20-9-5-6-10-23(20)36-25)14-13-18(32-26(28)35)16-11-12-21(29-15-16)24(34)30-19-8-4-3-7-17(19)27/h3-12,15,18,22H,13-14,27H2,1-2H3,(H,30,34)(H3,28,32,35). The number of fused-ring (bicyclic) bond motifs is 1. The number of hydrogen-bond acceptors (Lipinski definition) is 7. The molecule has 2 aromatic heterocycles. The van der Waals surface area contributed by atoms with Crippen LogP contribution < -0.4 is 22.1 Å². The maximum Gasteiger partial charge on any atom is 0.312 e. The fraction of sp³-hybridized carbons (Fsp3) is 0.231. The van der Waals surface area contributed by atoms with Crippen molar-refractivity contribution < 1.29 is 9.59 Å². The molecule has 2 aromatic carbocycles. The first-order valence-corrected chi connectivity index (χ1v) is 12.3. The zero-order valence-corrected chi connectivity index (χ0v) is 21.0. The Balaban J connectivity index is 1.48. The van der Waals surface area contributed by atoms with Crippen LogP contribution in [0.4, 0.5) is 16.2 Å². The van der Waals surface area contributed by atoms with Crippen molar-refractivity contribution in [2.45, 2.75) is 24.9 Å². The van der Waals surface area contributed by atoms with Crippen molar-refractivity contribution in [3.63, 3.8) is 0 Å². The van der Waals surface area contributed by atoms with Crippen molar-refractivity contribution in [3.8, 4) is 0 Å². The monoisotopic (exact) mass is 503 g/mol. The highest BCUT2D eigenvalue weighted by Gasteiger charge is 2.22. The second-order valence-corrected chi connectivity index (χ2v) is 9.72. The molecule has 186 valence electrons. The van der Waals surface area contributed by atoms with Gasteiger partial charge in [-0.15, -0.1) is 11.3 Å². The van der Waals surface area contributed by atoms with E-state index in [0.29, 0.717) is 17.8 Å². The highest BCUT2D eigenvalue weighted by molar-refractivity contribution is 7.18. The van der Waals surface area contributed by atoms with Crippen molar-refractivity contribution in [1.82, 2.24) is 20.2 Å². The topological polar surface area (TPSA) is 139 Å². The summed E-state index contributed by atoms with van der Waals surface area (Å²) in [6.07, 6.45) is 2.93. The van der Waals surface area contributed by atoms with Crippen LogP contribution in [0.2, 0.25) is 0 Å². The van der Waals surface area contributed by atoms with Crippen LogP contribution in [-0.2, 0) is 0 Å². The molecule has 36 heavy (non-hydrogen) atoms. The molecule has 3 amide bonds. The number of urea groups is 1. The van der Waals surface area contributed by atoms with Gasteiger partial charge in [0.15, 0.2) is 0 Å². The number of nitrogens with two attached hydrogens (primary N) is 2. The number of aromatic nitrogens is 2. The maximum atomic E-state index is 12.6. The van der Waals surface area contributed by atoms with Gasteiger partial charge in [0.05, 0.1) is 33.7 Å². The molecule has 0 spiro atoms. The number of carbonyl (C=O) groups is 2. The summed E-state index contributed by atoms with van der Waals surface area (Å²) in [4.78, 5) is 35.6. The number of thiazole rings is 1. The molecule has 2 heterocycles. The Morgan fingerprint density at radius 1 is 1.03 bits per heavy atom. The Labute approximate surface area is 213 Å². The number of amides is 3. The third kappa shape index (κ3) is 5.96. The number of para-hydroxylation sites is 3. The van der Waals surface area contributed by atoms with Crippen LogP contribution in [-0.4, -0.2) is 40.9 Å². The van der Waals surface area contributed by atoms with Gasteiger partial charge >= 0.3 is 6.03 Å². The van der Waals surface area contributed by atoms with E-state index in [-0.39, 0.29) is 23.7 Å². The number of primary amides is 1. The van der Waals surface area contributed by atoms with Crippen molar-refractivity contribution >= 4 is 44.9 Å². The number of rotatable bonds is 9. The summed E-state index contributed by atoms with van der Waals surface area (Å²) in [7, 11) is 4.03. The zero-order chi connectivity index (χ0) is 25.7. The van der Waals surface area contributed by atoms with Crippen molar-refractivity contribution in [2.75, 3.05) is 25.1 Å². The minimum Gasteiger partial charge on any atom is -0.397 e. The van der Waals surface area contributed by atoms with Gasteiger partial charge < -0.3 is 27.0 Å². The summed E-state index contributed by atoms with van der Waals surface area (Å²) >= 11 is 1.67. The first kappa shape index (κ1) is 25.1. The summed E-state index contributed by atoms with van der Waals surface area (Å²) in [6.45, 7) is 0. The van der Waals surface area contributed by atoms with Gasteiger partial charge in [0.2, 0.25) is 0 Å². The number of benzene rings is 2. The van der Waals surface area contributed by atoms with E-state index in [1.807, 2.05) is 32.3 Å². The van der Waals surface area contributed by atoms with Crippen molar-refractivity contribution in [3.05, 3.63) is 83.1 Å². The Morgan fingerprint density at radius 2 is 1.78 bits per heavy atom. The Kier molecular flexibility index (Phi) is 7.77. The molecule has 0 aliphatic rings. The Hall–Kier alpha value is -4.02. The van der Waals surface area contributed by atoms with Crippen LogP contribution in [0.1, 0.15) is 46.0 Å². The van der Waals surface area contributed by atoms with Crippen LogP contribution in [0.15, 0.2) is 66.9 Å². The zero-order valence-electron chi connectivity index (χ0n) is 20.1. The SMILES string of the molecule is CN(C)C(CCC(NC(N)=O)c1ccc(C(=O)Nc2ccccc2N)nc1)c1nc2ccccc2s1. The quantitative estimate of drug-likeness (QED) is 0.251. The number of nitrogens with zero attached hydrogens (tertiary/aromatic N) is 3. The molecular formula is C26H29N7O2S. The minimum absolute atomic E-state index is 0.0638. The summed E-state index contributed by atoms with van der Waals surface area (Å²) in [5, 5.41) is 6.59. The Morgan fingerprint density at radius 3 is 2.44 bits per heavy atom. The smallest absolute Gasteiger partial charge is 0.312 e. The molecule has 6 N–H and O–H groups in total. The largest absolute Gasteiger partial charge is 0.397 e. The molecule has 0 aliphatic carbocycles. The average molecular weight is 504 g/mol. The van der Waals surface area contributed by atoms with Gasteiger partial charge in [0.25, 0.3) is 5.91 Å². The number of nitrogens with one attached hydrogen (secondary N) is 2. The lowest BCUT2D eigenvalue weighted by Gasteiger charge is -2.25. The molecule has 2 atom stereocenters. The lowest BCUT2D eigenvalue weighted by molar-refractivity contribution is 0.102. The third-order valence-electron chi connectivity index (χ3n) is 5.89. The summed E-state index contributed by atoms with van der Waals surface area (Å²) in [6, 6.07) is 17.6. The van der Waals surface area contributed by atoms with E-state index in [2.05, 4.69) is 26.6 Å². The predicted octanol–water partition coefficient (Wildman–Crippen LogP) is 4.32. The van der Waals surface area contributed by atoms with Gasteiger partial charge in [-0.25, -0.2) is 9.78 Å². The molecular weight excluding hydrogens is 474 g/mol. The first-order chi connectivity index (χ1) is 17.3. The number of nitrogen functional groups attached to an aromatic ring is 1. The lowest BCUT2D eigenvalue weighted by atomic mass is 10.00. The van der Waals surface area contributed by atoms with Gasteiger partial charge in [-0.3, -0.25) is 9.78 Å². The third-order valence-corrected chi connectivity index (χ3v) is 7.03. The predicted molar refractivity (Wildman–Crippen MR) is 144 cm³/mol. The van der Waals surface area contributed by atoms with E-state index < -0.39 is 6.03 Å². The maximum absolute atomic E-state index is 12.6. The molecule has 0 bridgehead atoms. The number of hydrogen-bond donors (Lipinski definition) is 4. The fourth-order valence-corrected chi connectivity index (χ4v) is 5.20. The molecule has 0 saturated heterocycles. The Bertz CT molecular complexity index is 1320. The highest BCUT2D eigenvalue weighted by Crippen LogP contribution is 2.33. The van der Waals surface area contributed by atoms with E-state index in [1.54, 1.807) is 53.9 Å². The van der Waals surface area contributed by atoms with E-state index in [9.17, 15) is 9.59 Å². The number of pyridine rings is 1.